The van der Waals surface area contributed by atoms with E-state index in [4.69, 9.17) is 0 Å². The van der Waals surface area contributed by atoms with Gasteiger partial charge in [0.15, 0.2) is 5.16 Å². The van der Waals surface area contributed by atoms with Crippen LogP contribution < -0.4 is 10.2 Å². The summed E-state index contributed by atoms with van der Waals surface area (Å²) in [6, 6.07) is 10.3. The molecule has 0 unspecified atom stereocenters. The maximum Gasteiger partial charge on any atom is 0.416 e. The van der Waals surface area contributed by atoms with Gasteiger partial charge in [-0.05, 0) is 48.5 Å². The van der Waals surface area contributed by atoms with E-state index in [9.17, 15) is 22.4 Å². The molecule has 156 valence electrons. The first-order valence-electron chi connectivity index (χ1n) is 8.87. The van der Waals surface area contributed by atoms with Crippen molar-refractivity contribution < 1.29 is 22.4 Å². The number of aromatic nitrogens is 3. The van der Waals surface area contributed by atoms with Crippen molar-refractivity contribution in [3.05, 3.63) is 59.9 Å². The first kappa shape index (κ1) is 20.2. The van der Waals surface area contributed by atoms with Gasteiger partial charge >= 0.3 is 6.18 Å². The summed E-state index contributed by atoms with van der Waals surface area (Å²) in [5.41, 5.74) is 0.293. The van der Waals surface area contributed by atoms with E-state index in [1.54, 1.807) is 12.1 Å². The van der Waals surface area contributed by atoms with Gasteiger partial charge in [-0.25, -0.2) is 4.39 Å². The molecule has 0 atom stereocenters. The fourth-order valence-corrected chi connectivity index (χ4v) is 3.78. The molecule has 0 saturated carbocycles. The predicted molar refractivity (Wildman–Crippen MR) is 104 cm³/mol. The highest BCUT2D eigenvalue weighted by Gasteiger charge is 2.30. The summed E-state index contributed by atoms with van der Waals surface area (Å²) in [5, 5.41) is 11.4. The first-order valence-corrected chi connectivity index (χ1v) is 9.86. The zero-order chi connectivity index (χ0) is 21.3. The Morgan fingerprint density at radius 3 is 2.40 bits per heavy atom. The molecule has 2 aromatic carbocycles. The van der Waals surface area contributed by atoms with Crippen LogP contribution in [0.3, 0.4) is 0 Å². The number of rotatable bonds is 5. The van der Waals surface area contributed by atoms with Crippen LogP contribution in [0.15, 0.2) is 53.7 Å². The number of anilines is 3. The van der Waals surface area contributed by atoms with Crippen molar-refractivity contribution in [1.82, 2.24) is 14.8 Å². The van der Waals surface area contributed by atoms with Crippen LogP contribution in [0.2, 0.25) is 0 Å². The van der Waals surface area contributed by atoms with Crippen LogP contribution in [0.1, 0.15) is 5.56 Å². The van der Waals surface area contributed by atoms with Crippen LogP contribution in [0.4, 0.5) is 34.9 Å². The first-order chi connectivity index (χ1) is 14.3. The third kappa shape index (κ3) is 4.25. The SMILES string of the molecule is O=C(CSc1nnc2n1CCN2c1ccc(F)cc1)Nc1ccc(C(F)(F)F)cc1. The molecule has 0 fully saturated rings. The van der Waals surface area contributed by atoms with Gasteiger partial charge < -0.3 is 10.2 Å². The quantitative estimate of drug-likeness (QED) is 0.476. The molecule has 1 aliphatic heterocycles. The van der Waals surface area contributed by atoms with Crippen molar-refractivity contribution in [1.29, 1.82) is 0 Å². The molecule has 0 bridgehead atoms. The molecule has 2 heterocycles. The largest absolute Gasteiger partial charge is 0.416 e. The van der Waals surface area contributed by atoms with E-state index < -0.39 is 11.7 Å². The number of hydrogen-bond acceptors (Lipinski definition) is 5. The topological polar surface area (TPSA) is 63.1 Å². The van der Waals surface area contributed by atoms with Gasteiger partial charge in [-0.3, -0.25) is 9.36 Å². The van der Waals surface area contributed by atoms with Gasteiger partial charge in [0.25, 0.3) is 0 Å². The predicted octanol–water partition coefficient (Wildman–Crippen LogP) is 4.32. The number of carbonyl (C=O) groups is 1. The van der Waals surface area contributed by atoms with Crippen molar-refractivity contribution in [2.24, 2.45) is 0 Å². The molecule has 1 amide bonds. The Bertz CT molecular complexity index is 1050. The van der Waals surface area contributed by atoms with E-state index in [1.807, 2.05) is 9.47 Å². The Kier molecular flexibility index (Phi) is 5.37. The number of nitrogens with one attached hydrogen (secondary N) is 1. The minimum absolute atomic E-state index is 0.0235. The molecule has 6 nitrogen and oxygen atoms in total. The van der Waals surface area contributed by atoms with Gasteiger partial charge in [-0.2, -0.15) is 13.2 Å². The van der Waals surface area contributed by atoms with Crippen LogP contribution >= 0.6 is 11.8 Å². The van der Waals surface area contributed by atoms with E-state index >= 15 is 0 Å². The summed E-state index contributed by atoms with van der Waals surface area (Å²) in [4.78, 5) is 14.1. The highest BCUT2D eigenvalue weighted by atomic mass is 32.2. The second-order valence-corrected chi connectivity index (χ2v) is 7.42. The maximum atomic E-state index is 13.1. The number of hydrogen-bond donors (Lipinski definition) is 1. The molecule has 0 aliphatic carbocycles. The molecule has 4 rings (SSSR count). The average Bonchev–Trinajstić information content (AvgIpc) is 3.29. The Morgan fingerprint density at radius 1 is 1.03 bits per heavy atom. The molecule has 0 radical (unpaired) electrons. The molecule has 3 aromatic rings. The minimum Gasteiger partial charge on any atom is -0.325 e. The normalized spacial score (nSPS) is 13.4. The standard InChI is InChI=1S/C19H15F4N5OS/c20-13-3-7-15(8-4-13)27-9-10-28-17(27)25-26-18(28)30-11-16(29)24-14-5-1-12(2-6-14)19(21,22)23/h1-8H,9-11H2,(H,24,29). The molecular formula is C19H15F4N5OS. The van der Waals surface area contributed by atoms with Crippen LogP contribution in [-0.4, -0.2) is 33.0 Å². The lowest BCUT2D eigenvalue weighted by molar-refractivity contribution is -0.137. The Labute approximate surface area is 172 Å². The number of amides is 1. The molecular weight excluding hydrogens is 422 g/mol. The second kappa shape index (κ2) is 7.98. The third-order valence-electron chi connectivity index (χ3n) is 4.45. The van der Waals surface area contributed by atoms with Gasteiger partial charge in [-0.15, -0.1) is 10.2 Å². The molecule has 0 saturated heterocycles. The Morgan fingerprint density at radius 2 is 1.73 bits per heavy atom. The molecule has 11 heteroatoms. The number of halogens is 4. The monoisotopic (exact) mass is 437 g/mol. The summed E-state index contributed by atoms with van der Waals surface area (Å²) >= 11 is 1.18. The summed E-state index contributed by atoms with van der Waals surface area (Å²) in [6.45, 7) is 1.25. The zero-order valence-electron chi connectivity index (χ0n) is 15.4. The van der Waals surface area contributed by atoms with Crippen molar-refractivity contribution in [2.75, 3.05) is 22.5 Å². The fraction of sp³-hybridized carbons (Fsp3) is 0.211. The molecule has 1 aromatic heterocycles. The number of thioether (sulfide) groups is 1. The molecule has 0 spiro atoms. The number of alkyl halides is 3. The summed E-state index contributed by atoms with van der Waals surface area (Å²) in [5.74, 6) is -0.0668. The van der Waals surface area contributed by atoms with Crippen LogP contribution in [0.25, 0.3) is 0 Å². The van der Waals surface area contributed by atoms with Crippen LogP contribution in [0.5, 0.6) is 0 Å². The lowest BCUT2D eigenvalue weighted by Crippen LogP contribution is -2.15. The van der Waals surface area contributed by atoms with Crippen molar-refractivity contribution in [2.45, 2.75) is 17.9 Å². The molecule has 1 aliphatic rings. The van der Waals surface area contributed by atoms with Crippen LogP contribution in [0, 0.1) is 5.82 Å². The fourth-order valence-electron chi connectivity index (χ4n) is 3.02. The van der Waals surface area contributed by atoms with Crippen LogP contribution in [-0.2, 0) is 17.5 Å². The Balaban J connectivity index is 1.36. The van der Waals surface area contributed by atoms with Gasteiger partial charge in [0.1, 0.15) is 5.82 Å². The van der Waals surface area contributed by atoms with Gasteiger partial charge in [0, 0.05) is 24.5 Å². The van der Waals surface area contributed by atoms with E-state index in [1.165, 1.54) is 36.0 Å². The van der Waals surface area contributed by atoms with Gasteiger partial charge in [-0.1, -0.05) is 11.8 Å². The molecule has 1 N–H and O–H groups in total. The Hall–Kier alpha value is -3.08. The van der Waals surface area contributed by atoms with Gasteiger partial charge in [0.05, 0.1) is 11.3 Å². The van der Waals surface area contributed by atoms with E-state index in [0.717, 1.165) is 17.8 Å². The summed E-state index contributed by atoms with van der Waals surface area (Å²) in [6.07, 6.45) is -4.42. The lowest BCUT2D eigenvalue weighted by atomic mass is 10.2. The van der Waals surface area contributed by atoms with Crippen molar-refractivity contribution >= 4 is 35.0 Å². The number of nitrogens with zero attached hydrogens (tertiary/aromatic N) is 4. The number of benzene rings is 2. The van der Waals surface area contributed by atoms with E-state index in [0.29, 0.717) is 24.2 Å². The third-order valence-corrected chi connectivity index (χ3v) is 5.42. The summed E-state index contributed by atoms with van der Waals surface area (Å²) < 4.78 is 52.8. The highest BCUT2D eigenvalue weighted by Crippen LogP contribution is 2.32. The van der Waals surface area contributed by atoms with Gasteiger partial charge in [0.2, 0.25) is 11.9 Å². The molecule has 30 heavy (non-hydrogen) atoms. The van der Waals surface area contributed by atoms with Crippen molar-refractivity contribution in [3.63, 3.8) is 0 Å². The number of fused-ring (bicyclic) bond motifs is 1. The van der Waals surface area contributed by atoms with Crippen molar-refractivity contribution in [3.8, 4) is 0 Å². The lowest BCUT2D eigenvalue weighted by Gasteiger charge is -2.14. The minimum atomic E-state index is -4.42. The van der Waals surface area contributed by atoms with E-state index in [2.05, 4.69) is 15.5 Å². The number of carbonyl (C=O) groups excluding carboxylic acids is 1. The maximum absolute atomic E-state index is 13.1. The highest BCUT2D eigenvalue weighted by molar-refractivity contribution is 7.99. The summed E-state index contributed by atoms with van der Waals surface area (Å²) in [7, 11) is 0. The second-order valence-electron chi connectivity index (χ2n) is 6.47. The average molecular weight is 437 g/mol. The smallest absolute Gasteiger partial charge is 0.325 e. The van der Waals surface area contributed by atoms with E-state index in [-0.39, 0.29) is 23.2 Å². The zero-order valence-corrected chi connectivity index (χ0v) is 16.2.